The lowest BCUT2D eigenvalue weighted by atomic mass is 10.1. The van der Waals surface area contributed by atoms with Crippen molar-refractivity contribution in [3.63, 3.8) is 0 Å². The van der Waals surface area contributed by atoms with Gasteiger partial charge in [0.15, 0.2) is 0 Å². The van der Waals surface area contributed by atoms with E-state index in [9.17, 15) is 4.79 Å². The van der Waals surface area contributed by atoms with Crippen LogP contribution in [0, 0.1) is 13.8 Å². The highest BCUT2D eigenvalue weighted by Crippen LogP contribution is 2.33. The number of hydrogen-bond donors (Lipinski definition) is 1. The summed E-state index contributed by atoms with van der Waals surface area (Å²) in [5, 5.41) is 9.10. The predicted octanol–water partition coefficient (Wildman–Crippen LogP) is 4.30. The van der Waals surface area contributed by atoms with E-state index in [0.29, 0.717) is 5.75 Å². The summed E-state index contributed by atoms with van der Waals surface area (Å²) >= 11 is 1.60. The van der Waals surface area contributed by atoms with E-state index in [1.165, 1.54) is 16.7 Å². The number of ether oxygens (including phenoxy) is 1. The van der Waals surface area contributed by atoms with Crippen LogP contribution >= 0.6 is 11.8 Å². The molecule has 1 N–H and O–H groups in total. The number of benzene rings is 2. The molecule has 2 rings (SSSR count). The van der Waals surface area contributed by atoms with Crippen molar-refractivity contribution < 1.29 is 14.6 Å². The molecule has 2 aromatic rings. The number of carbonyl (C=O) groups is 1. The third kappa shape index (κ3) is 3.58. The molecule has 0 aliphatic rings. The van der Waals surface area contributed by atoms with Crippen LogP contribution in [0.3, 0.4) is 0 Å². The van der Waals surface area contributed by atoms with Crippen molar-refractivity contribution in [2.45, 2.75) is 24.5 Å². The van der Waals surface area contributed by atoms with Crippen LogP contribution in [0.2, 0.25) is 0 Å². The first kappa shape index (κ1) is 15.4. The van der Waals surface area contributed by atoms with Gasteiger partial charge in [-0.1, -0.05) is 18.2 Å². The Morgan fingerprint density at radius 3 is 2.43 bits per heavy atom. The van der Waals surface area contributed by atoms with Crippen LogP contribution in [0.5, 0.6) is 5.75 Å². The fraction of sp³-hybridized carbons (Fsp3) is 0.235. The summed E-state index contributed by atoms with van der Waals surface area (Å²) in [6.07, 6.45) is 0. The first-order valence-corrected chi connectivity index (χ1v) is 7.60. The lowest BCUT2D eigenvalue weighted by Crippen LogP contribution is -1.98. The highest BCUT2D eigenvalue weighted by atomic mass is 32.2. The van der Waals surface area contributed by atoms with Crippen LogP contribution in [0.25, 0.3) is 0 Å². The van der Waals surface area contributed by atoms with Crippen LogP contribution in [-0.4, -0.2) is 18.2 Å². The second-order valence-corrected chi connectivity index (χ2v) is 5.85. The zero-order valence-electron chi connectivity index (χ0n) is 12.3. The first-order valence-electron chi connectivity index (χ1n) is 6.62. The van der Waals surface area contributed by atoms with Crippen molar-refractivity contribution in [2.75, 3.05) is 7.11 Å². The van der Waals surface area contributed by atoms with Gasteiger partial charge in [0.05, 0.1) is 17.6 Å². The maximum absolute atomic E-state index is 11.1. The Hall–Kier alpha value is -1.94. The third-order valence-electron chi connectivity index (χ3n) is 3.43. The molecule has 0 amide bonds. The Morgan fingerprint density at radius 2 is 1.86 bits per heavy atom. The first-order chi connectivity index (χ1) is 10.0. The molecule has 0 aliphatic heterocycles. The van der Waals surface area contributed by atoms with Gasteiger partial charge in [0.25, 0.3) is 0 Å². The molecule has 0 fully saturated rings. The molecule has 0 aromatic heterocycles. The van der Waals surface area contributed by atoms with Crippen molar-refractivity contribution in [1.82, 2.24) is 0 Å². The molecule has 0 saturated heterocycles. The van der Waals surface area contributed by atoms with E-state index in [-0.39, 0.29) is 5.56 Å². The maximum Gasteiger partial charge on any atom is 0.335 e. The average molecular weight is 302 g/mol. The molecule has 21 heavy (non-hydrogen) atoms. The number of aromatic carboxylic acids is 1. The SMILES string of the molecule is COc1ccc(C(=O)O)cc1SCc1c(C)cccc1C. The highest BCUT2D eigenvalue weighted by molar-refractivity contribution is 7.98. The standard InChI is InChI=1S/C17H18O3S/c1-11-5-4-6-12(2)14(11)10-21-16-9-13(17(18)19)7-8-15(16)20-3/h4-9H,10H2,1-3H3,(H,18,19). The summed E-state index contributed by atoms with van der Waals surface area (Å²) in [5.74, 6) is 0.570. The van der Waals surface area contributed by atoms with Gasteiger partial charge in [-0.3, -0.25) is 0 Å². The smallest absolute Gasteiger partial charge is 0.335 e. The van der Waals surface area contributed by atoms with Gasteiger partial charge >= 0.3 is 5.97 Å². The molecule has 110 valence electrons. The molecule has 0 saturated carbocycles. The van der Waals surface area contributed by atoms with Gasteiger partial charge in [-0.2, -0.15) is 0 Å². The topological polar surface area (TPSA) is 46.5 Å². The van der Waals surface area contributed by atoms with Crippen molar-refractivity contribution in [1.29, 1.82) is 0 Å². The van der Waals surface area contributed by atoms with E-state index in [0.717, 1.165) is 10.6 Å². The minimum absolute atomic E-state index is 0.278. The number of carboxylic acid groups (broad SMARTS) is 1. The molecule has 3 nitrogen and oxygen atoms in total. The predicted molar refractivity (Wildman–Crippen MR) is 85.4 cm³/mol. The van der Waals surface area contributed by atoms with E-state index in [1.807, 2.05) is 6.07 Å². The highest BCUT2D eigenvalue weighted by Gasteiger charge is 2.11. The van der Waals surface area contributed by atoms with Crippen LogP contribution in [0.4, 0.5) is 0 Å². The summed E-state index contributed by atoms with van der Waals surface area (Å²) in [6, 6.07) is 11.2. The number of rotatable bonds is 5. The lowest BCUT2D eigenvalue weighted by molar-refractivity contribution is 0.0696. The van der Waals surface area contributed by atoms with E-state index < -0.39 is 5.97 Å². The Kier molecular flexibility index (Phi) is 4.91. The van der Waals surface area contributed by atoms with Gasteiger partial charge in [0, 0.05) is 5.75 Å². The van der Waals surface area contributed by atoms with Crippen molar-refractivity contribution in [3.05, 3.63) is 58.7 Å². The maximum atomic E-state index is 11.1. The summed E-state index contributed by atoms with van der Waals surface area (Å²) < 4.78 is 5.32. The third-order valence-corrected chi connectivity index (χ3v) is 4.49. The van der Waals surface area contributed by atoms with Gasteiger partial charge in [-0.15, -0.1) is 11.8 Å². The van der Waals surface area contributed by atoms with Gasteiger partial charge in [-0.05, 0) is 48.7 Å². The Morgan fingerprint density at radius 1 is 1.19 bits per heavy atom. The molecular weight excluding hydrogens is 284 g/mol. The number of thioether (sulfide) groups is 1. The summed E-state index contributed by atoms with van der Waals surface area (Å²) in [6.45, 7) is 4.18. The quantitative estimate of drug-likeness (QED) is 0.836. The Balaban J connectivity index is 2.26. The van der Waals surface area contributed by atoms with E-state index in [1.54, 1.807) is 37.1 Å². The van der Waals surface area contributed by atoms with Crippen molar-refractivity contribution in [2.24, 2.45) is 0 Å². The zero-order valence-corrected chi connectivity index (χ0v) is 13.2. The van der Waals surface area contributed by atoms with Crippen LogP contribution in [-0.2, 0) is 5.75 Å². The fourth-order valence-corrected chi connectivity index (χ4v) is 3.41. The van der Waals surface area contributed by atoms with E-state index in [4.69, 9.17) is 9.84 Å². The minimum atomic E-state index is -0.924. The largest absolute Gasteiger partial charge is 0.496 e. The zero-order chi connectivity index (χ0) is 15.4. The van der Waals surface area contributed by atoms with Gasteiger partial charge < -0.3 is 9.84 Å². The molecule has 4 heteroatoms. The van der Waals surface area contributed by atoms with Crippen LogP contribution in [0.1, 0.15) is 27.0 Å². The summed E-state index contributed by atoms with van der Waals surface area (Å²) in [5.41, 5.74) is 4.05. The lowest BCUT2D eigenvalue weighted by Gasteiger charge is -2.12. The minimum Gasteiger partial charge on any atom is -0.496 e. The molecule has 0 heterocycles. The Bertz CT molecular complexity index is 645. The molecule has 0 radical (unpaired) electrons. The number of hydrogen-bond acceptors (Lipinski definition) is 3. The van der Waals surface area contributed by atoms with Gasteiger partial charge in [0.2, 0.25) is 0 Å². The molecule has 2 aromatic carbocycles. The average Bonchev–Trinajstić information content (AvgIpc) is 2.46. The molecule has 0 atom stereocenters. The van der Waals surface area contributed by atoms with Crippen LogP contribution < -0.4 is 4.74 Å². The van der Waals surface area contributed by atoms with Crippen molar-refractivity contribution in [3.8, 4) is 5.75 Å². The van der Waals surface area contributed by atoms with E-state index in [2.05, 4.69) is 26.0 Å². The Labute approximate surface area is 129 Å². The monoisotopic (exact) mass is 302 g/mol. The summed E-state index contributed by atoms with van der Waals surface area (Å²) in [4.78, 5) is 11.9. The summed E-state index contributed by atoms with van der Waals surface area (Å²) in [7, 11) is 1.60. The normalized spacial score (nSPS) is 10.4. The van der Waals surface area contributed by atoms with Crippen LogP contribution in [0.15, 0.2) is 41.3 Å². The number of carboxylic acids is 1. The van der Waals surface area contributed by atoms with Gasteiger partial charge in [-0.25, -0.2) is 4.79 Å². The molecule has 0 bridgehead atoms. The molecule has 0 unspecified atom stereocenters. The number of methoxy groups -OCH3 is 1. The molecule has 0 aliphatic carbocycles. The fourth-order valence-electron chi connectivity index (χ4n) is 2.15. The number of aryl methyl sites for hydroxylation is 2. The second-order valence-electron chi connectivity index (χ2n) is 4.83. The molecule has 0 spiro atoms. The van der Waals surface area contributed by atoms with E-state index >= 15 is 0 Å². The second kappa shape index (κ2) is 6.68. The molecular formula is C17H18O3S. The van der Waals surface area contributed by atoms with Crippen molar-refractivity contribution >= 4 is 17.7 Å². The van der Waals surface area contributed by atoms with Gasteiger partial charge in [0.1, 0.15) is 5.75 Å².